The molecule has 1 N–H and O–H groups in total. The molecule has 3 atom stereocenters. The molecule has 1 unspecified atom stereocenters. The van der Waals surface area contributed by atoms with Gasteiger partial charge in [0.2, 0.25) is 5.91 Å². The average Bonchev–Trinajstić information content (AvgIpc) is 3.50. The summed E-state index contributed by atoms with van der Waals surface area (Å²) in [6.45, 7) is 3.82. The number of nitrogens with zero attached hydrogens (tertiary/aromatic N) is 3. The molecule has 9 heteroatoms. The Balaban J connectivity index is 1.53. The number of aryl methyl sites for hydroxylation is 2. The number of nitrogens with one attached hydrogen (secondary N) is 1. The first-order chi connectivity index (χ1) is 15.3. The Labute approximate surface area is 184 Å². The predicted molar refractivity (Wildman–Crippen MR) is 113 cm³/mol. The molecule has 2 aromatic rings. The second kappa shape index (κ2) is 8.64. The molecule has 7 nitrogen and oxygen atoms in total. The van der Waals surface area contributed by atoms with Crippen LogP contribution in [0.5, 0.6) is 11.5 Å². The van der Waals surface area contributed by atoms with Crippen molar-refractivity contribution in [2.45, 2.75) is 26.7 Å². The first-order valence-electron chi connectivity index (χ1n) is 10.3. The molecule has 4 rings (SSSR count). The van der Waals surface area contributed by atoms with Gasteiger partial charge >= 0.3 is 0 Å². The third-order valence-corrected chi connectivity index (χ3v) is 6.05. The molecule has 2 aromatic heterocycles. The van der Waals surface area contributed by atoms with Gasteiger partial charge in [0.15, 0.2) is 17.3 Å². The van der Waals surface area contributed by atoms with Crippen molar-refractivity contribution >= 4 is 11.7 Å². The van der Waals surface area contributed by atoms with Crippen LogP contribution in [-0.4, -0.2) is 34.6 Å². The summed E-state index contributed by atoms with van der Waals surface area (Å²) in [5, 5.41) is 2.72. The fourth-order valence-electron chi connectivity index (χ4n) is 4.17. The van der Waals surface area contributed by atoms with E-state index >= 15 is 0 Å². The zero-order valence-electron chi connectivity index (χ0n) is 18.1. The Morgan fingerprint density at radius 3 is 2.78 bits per heavy atom. The number of halogens is 2. The summed E-state index contributed by atoms with van der Waals surface area (Å²) in [5.41, 5.74) is 0.107. The van der Waals surface area contributed by atoms with Crippen molar-refractivity contribution in [1.29, 1.82) is 0 Å². The number of carbonyl (C=O) groups excluding carboxylic acids is 1. The molecule has 32 heavy (non-hydrogen) atoms. The molecule has 2 heterocycles. The molecule has 0 aliphatic heterocycles. The molecule has 168 valence electrons. The molecule has 0 spiro atoms. The lowest BCUT2D eigenvalue weighted by molar-refractivity contribution is -0.118. The lowest BCUT2D eigenvalue weighted by Gasteiger charge is -2.27. The highest BCUT2D eigenvalue weighted by atomic mass is 19.1. The highest BCUT2D eigenvalue weighted by molar-refractivity contribution is 5.94. The van der Waals surface area contributed by atoms with Crippen LogP contribution in [0.1, 0.15) is 24.4 Å². The van der Waals surface area contributed by atoms with E-state index in [0.717, 1.165) is 6.20 Å². The molecule has 1 fully saturated rings. The van der Waals surface area contributed by atoms with Crippen molar-refractivity contribution in [2.75, 3.05) is 19.0 Å². The second-order valence-electron chi connectivity index (χ2n) is 8.15. The summed E-state index contributed by atoms with van der Waals surface area (Å²) >= 11 is 0. The third-order valence-electron chi connectivity index (χ3n) is 6.05. The number of aromatic nitrogens is 3. The number of methoxy groups -OCH3 is 1. The summed E-state index contributed by atoms with van der Waals surface area (Å²) in [6.07, 6.45) is 8.33. The number of ether oxygens (including phenoxy) is 2. The van der Waals surface area contributed by atoms with E-state index in [1.54, 1.807) is 19.2 Å². The monoisotopic (exact) mass is 442 g/mol. The van der Waals surface area contributed by atoms with Gasteiger partial charge in [0.1, 0.15) is 17.5 Å². The van der Waals surface area contributed by atoms with Gasteiger partial charge in [-0.15, -0.1) is 0 Å². The van der Waals surface area contributed by atoms with Gasteiger partial charge in [0, 0.05) is 23.8 Å². The van der Waals surface area contributed by atoms with Gasteiger partial charge < -0.3 is 14.8 Å². The van der Waals surface area contributed by atoms with Crippen molar-refractivity contribution in [3.63, 3.8) is 0 Å². The second-order valence-corrected chi connectivity index (χ2v) is 8.15. The number of rotatable bonds is 7. The van der Waals surface area contributed by atoms with E-state index in [1.165, 1.54) is 19.3 Å². The van der Waals surface area contributed by atoms with Crippen molar-refractivity contribution in [2.24, 2.45) is 17.3 Å². The van der Waals surface area contributed by atoms with Crippen molar-refractivity contribution in [1.82, 2.24) is 15.0 Å². The zero-order valence-corrected chi connectivity index (χ0v) is 18.1. The zero-order chi connectivity index (χ0) is 22.9. The fourth-order valence-corrected chi connectivity index (χ4v) is 4.17. The smallest absolute Gasteiger partial charge is 0.229 e. The first kappa shape index (κ1) is 21.9. The number of pyridine rings is 1. The molecule has 0 aromatic carbocycles. The lowest BCUT2D eigenvalue weighted by atomic mass is 9.82. The van der Waals surface area contributed by atoms with Gasteiger partial charge in [0.25, 0.3) is 0 Å². The Morgan fingerprint density at radius 1 is 1.25 bits per heavy atom. The van der Waals surface area contributed by atoms with Crippen LogP contribution in [0, 0.1) is 36.9 Å². The minimum absolute atomic E-state index is 0.0158. The van der Waals surface area contributed by atoms with Crippen LogP contribution >= 0.6 is 0 Å². The van der Waals surface area contributed by atoms with Gasteiger partial charge in [-0.05, 0) is 32.3 Å². The van der Waals surface area contributed by atoms with Gasteiger partial charge in [-0.2, -0.15) is 0 Å². The summed E-state index contributed by atoms with van der Waals surface area (Å²) in [4.78, 5) is 25.4. The molecular formula is C23H24F2N4O3. The SMILES string of the molecule is COc1cc(NC(=O)[C@@H]2C[C@@]2(COc2cnc(C)nc2C)C2C=CC=C(F)C2)ncc1F. The Hall–Kier alpha value is -3.36. The standard InChI is InChI=1S/C23H24F2N4O3/c1-13-20(11-26-14(2)28-13)32-12-23(15-5-4-6-16(24)7-15)9-17(23)22(30)29-21-8-19(31-3)18(25)10-27-21/h4-6,8,10-11,15,17H,7,9,12H2,1-3H3,(H,27,29,30)/t15?,17-,23+/m0/s1. The summed E-state index contributed by atoms with van der Waals surface area (Å²) in [6, 6.07) is 1.32. The van der Waals surface area contributed by atoms with Crippen LogP contribution < -0.4 is 14.8 Å². The number of anilines is 1. The Kier molecular flexibility index (Phi) is 5.90. The Morgan fingerprint density at radius 2 is 2.06 bits per heavy atom. The predicted octanol–water partition coefficient (Wildman–Crippen LogP) is 4.09. The minimum atomic E-state index is -0.620. The Bertz CT molecular complexity index is 1100. The average molecular weight is 442 g/mol. The quantitative estimate of drug-likeness (QED) is 0.695. The van der Waals surface area contributed by atoms with Crippen molar-refractivity contribution in [3.8, 4) is 11.5 Å². The van der Waals surface area contributed by atoms with Crippen LogP contribution in [0.25, 0.3) is 0 Å². The van der Waals surface area contributed by atoms with E-state index in [1.807, 2.05) is 13.0 Å². The summed E-state index contributed by atoms with van der Waals surface area (Å²) in [5.74, 6) is -0.429. The first-order valence-corrected chi connectivity index (χ1v) is 10.3. The van der Waals surface area contributed by atoms with Crippen LogP contribution in [0.2, 0.25) is 0 Å². The van der Waals surface area contributed by atoms with E-state index in [2.05, 4.69) is 20.3 Å². The van der Waals surface area contributed by atoms with E-state index in [9.17, 15) is 13.6 Å². The van der Waals surface area contributed by atoms with Gasteiger partial charge in [-0.25, -0.2) is 23.7 Å². The highest BCUT2D eigenvalue weighted by Gasteiger charge is 2.62. The van der Waals surface area contributed by atoms with Crippen LogP contribution in [-0.2, 0) is 4.79 Å². The molecule has 0 saturated heterocycles. The van der Waals surface area contributed by atoms with Gasteiger partial charge in [0.05, 0.1) is 31.8 Å². The number of hydrogen-bond donors (Lipinski definition) is 1. The van der Waals surface area contributed by atoms with E-state index < -0.39 is 17.2 Å². The number of allylic oxidation sites excluding steroid dienone is 4. The number of amides is 1. The third kappa shape index (κ3) is 4.32. The van der Waals surface area contributed by atoms with Crippen LogP contribution in [0.4, 0.5) is 14.6 Å². The highest BCUT2D eigenvalue weighted by Crippen LogP contribution is 2.60. The minimum Gasteiger partial charge on any atom is -0.493 e. The normalized spacial score (nSPS) is 24.0. The molecular weight excluding hydrogens is 418 g/mol. The maximum Gasteiger partial charge on any atom is 0.229 e. The molecule has 0 radical (unpaired) electrons. The van der Waals surface area contributed by atoms with Crippen molar-refractivity contribution in [3.05, 3.63) is 59.9 Å². The summed E-state index contributed by atoms with van der Waals surface area (Å²) < 4.78 is 38.6. The molecule has 2 aliphatic carbocycles. The van der Waals surface area contributed by atoms with Crippen LogP contribution in [0.3, 0.4) is 0 Å². The van der Waals surface area contributed by atoms with E-state index in [0.29, 0.717) is 23.7 Å². The van der Waals surface area contributed by atoms with Crippen LogP contribution in [0.15, 0.2) is 42.5 Å². The molecule has 1 amide bonds. The van der Waals surface area contributed by atoms with E-state index in [-0.39, 0.29) is 42.2 Å². The maximum atomic E-state index is 14.0. The maximum absolute atomic E-state index is 14.0. The van der Waals surface area contributed by atoms with Gasteiger partial charge in [-0.3, -0.25) is 4.79 Å². The molecule has 0 bridgehead atoms. The molecule has 1 saturated carbocycles. The van der Waals surface area contributed by atoms with Gasteiger partial charge in [-0.1, -0.05) is 12.2 Å². The number of hydrogen-bond acceptors (Lipinski definition) is 6. The largest absolute Gasteiger partial charge is 0.493 e. The lowest BCUT2D eigenvalue weighted by Crippen LogP contribution is -2.30. The summed E-state index contributed by atoms with van der Waals surface area (Å²) in [7, 11) is 1.33. The fraction of sp³-hybridized carbons (Fsp3) is 0.391. The van der Waals surface area contributed by atoms with E-state index in [4.69, 9.17) is 9.47 Å². The van der Waals surface area contributed by atoms with Crippen molar-refractivity contribution < 1.29 is 23.0 Å². The number of carbonyl (C=O) groups is 1. The topological polar surface area (TPSA) is 86.2 Å². The molecule has 2 aliphatic rings.